The molecule has 0 radical (unpaired) electrons. The number of nitrogens with one attached hydrogen (secondary N) is 2. The van der Waals surface area contributed by atoms with Crippen LogP contribution in [0.3, 0.4) is 0 Å². The molecule has 0 bridgehead atoms. The van der Waals surface area contributed by atoms with Crippen LogP contribution in [0.1, 0.15) is 40.8 Å². The first kappa shape index (κ1) is 15.3. The summed E-state index contributed by atoms with van der Waals surface area (Å²) in [6.07, 6.45) is 3.99. The molecule has 7 heteroatoms. The SMILES string of the molecule is Cc1nc2c(s1)CCC[C@@H]2CNC(=O)N[C@@H]1CCN(C)C1=O. The fourth-order valence-electron chi connectivity index (χ4n) is 3.21. The van der Waals surface area contributed by atoms with Crippen molar-refractivity contribution < 1.29 is 9.59 Å². The number of hydrogen-bond donors (Lipinski definition) is 2. The number of likely N-dealkylation sites (tertiary alicyclic amines) is 1. The zero-order valence-corrected chi connectivity index (χ0v) is 13.8. The van der Waals surface area contributed by atoms with Gasteiger partial charge in [0.25, 0.3) is 0 Å². The third-order valence-corrected chi connectivity index (χ3v) is 5.47. The Kier molecular flexibility index (Phi) is 4.33. The predicted molar refractivity (Wildman–Crippen MR) is 85.1 cm³/mol. The van der Waals surface area contributed by atoms with Gasteiger partial charge in [-0.15, -0.1) is 11.3 Å². The fraction of sp³-hybridized carbons (Fsp3) is 0.667. The number of carbonyl (C=O) groups is 2. The Bertz CT molecular complexity index is 586. The number of nitrogens with zero attached hydrogens (tertiary/aromatic N) is 2. The van der Waals surface area contributed by atoms with Crippen molar-refractivity contribution >= 4 is 23.3 Å². The van der Waals surface area contributed by atoms with Crippen molar-refractivity contribution in [3.05, 3.63) is 15.6 Å². The summed E-state index contributed by atoms with van der Waals surface area (Å²) in [5.41, 5.74) is 1.16. The lowest BCUT2D eigenvalue weighted by Gasteiger charge is -2.22. The second-order valence-electron chi connectivity index (χ2n) is 6.09. The van der Waals surface area contributed by atoms with Gasteiger partial charge in [0.2, 0.25) is 5.91 Å². The number of rotatable bonds is 3. The summed E-state index contributed by atoms with van der Waals surface area (Å²) in [5.74, 6) is 0.284. The Balaban J connectivity index is 1.53. The molecule has 0 unspecified atom stereocenters. The van der Waals surface area contributed by atoms with Crippen molar-refractivity contribution in [3.8, 4) is 0 Å². The number of amides is 3. The molecule has 1 aromatic rings. The number of thiazole rings is 1. The molecule has 2 aliphatic rings. The van der Waals surface area contributed by atoms with E-state index in [-0.39, 0.29) is 18.0 Å². The first-order chi connectivity index (χ1) is 10.5. The Morgan fingerprint density at radius 3 is 3.00 bits per heavy atom. The van der Waals surface area contributed by atoms with Gasteiger partial charge < -0.3 is 15.5 Å². The van der Waals surface area contributed by atoms with Gasteiger partial charge in [-0.1, -0.05) is 0 Å². The molecule has 1 saturated heterocycles. The molecule has 2 heterocycles. The topological polar surface area (TPSA) is 74.3 Å². The maximum atomic E-state index is 12.0. The van der Waals surface area contributed by atoms with Crippen molar-refractivity contribution in [2.45, 2.75) is 44.6 Å². The molecule has 1 fully saturated rings. The number of urea groups is 1. The average Bonchev–Trinajstić information content (AvgIpc) is 3.01. The first-order valence-corrected chi connectivity index (χ1v) is 8.62. The van der Waals surface area contributed by atoms with E-state index in [1.807, 2.05) is 6.92 Å². The maximum Gasteiger partial charge on any atom is 0.315 e. The molecule has 1 aliphatic carbocycles. The zero-order valence-electron chi connectivity index (χ0n) is 13.0. The molecule has 3 rings (SSSR count). The van der Waals surface area contributed by atoms with Crippen LogP contribution in [0.5, 0.6) is 0 Å². The standard InChI is InChI=1S/C15H22N4O2S/c1-9-17-13-10(4-3-5-12(13)22-9)8-16-15(21)18-11-6-7-19(2)14(11)20/h10-11H,3-8H2,1-2H3,(H2,16,18,21)/t10-,11-/m1/s1. The summed E-state index contributed by atoms with van der Waals surface area (Å²) in [7, 11) is 1.76. The quantitative estimate of drug-likeness (QED) is 0.883. The van der Waals surface area contributed by atoms with Gasteiger partial charge in [0.05, 0.1) is 10.7 Å². The van der Waals surface area contributed by atoms with E-state index in [4.69, 9.17) is 0 Å². The third-order valence-electron chi connectivity index (χ3n) is 4.42. The second-order valence-corrected chi connectivity index (χ2v) is 7.37. The average molecular weight is 322 g/mol. The molecule has 2 N–H and O–H groups in total. The van der Waals surface area contributed by atoms with E-state index in [1.165, 1.54) is 4.88 Å². The molecule has 1 aromatic heterocycles. The van der Waals surface area contributed by atoms with Crippen molar-refractivity contribution in [2.75, 3.05) is 20.1 Å². The molecular weight excluding hydrogens is 300 g/mol. The number of fused-ring (bicyclic) bond motifs is 1. The number of likely N-dealkylation sites (N-methyl/N-ethyl adjacent to an activating group) is 1. The fourth-order valence-corrected chi connectivity index (χ4v) is 4.27. The molecule has 2 atom stereocenters. The Hall–Kier alpha value is -1.63. The molecule has 6 nitrogen and oxygen atoms in total. The van der Waals surface area contributed by atoms with Crippen molar-refractivity contribution in [1.29, 1.82) is 0 Å². The van der Waals surface area contributed by atoms with Crippen LogP contribution in [0, 0.1) is 6.92 Å². The minimum absolute atomic E-state index is 0.00905. The normalized spacial score (nSPS) is 24.3. The maximum absolute atomic E-state index is 12.0. The van der Waals surface area contributed by atoms with Gasteiger partial charge in [-0.2, -0.15) is 0 Å². The highest BCUT2D eigenvalue weighted by molar-refractivity contribution is 7.11. The van der Waals surface area contributed by atoms with Crippen LogP contribution in [0.2, 0.25) is 0 Å². The van der Waals surface area contributed by atoms with Crippen LogP contribution in [-0.2, 0) is 11.2 Å². The van der Waals surface area contributed by atoms with Crippen LogP contribution in [0.4, 0.5) is 4.79 Å². The van der Waals surface area contributed by atoms with Gasteiger partial charge in [0, 0.05) is 30.9 Å². The monoisotopic (exact) mass is 322 g/mol. The lowest BCUT2D eigenvalue weighted by Crippen LogP contribution is -2.46. The van der Waals surface area contributed by atoms with E-state index < -0.39 is 0 Å². The molecule has 3 amide bonds. The summed E-state index contributed by atoms with van der Waals surface area (Å²) in [6.45, 7) is 3.31. The predicted octanol–water partition coefficient (Wildman–Crippen LogP) is 1.40. The Morgan fingerprint density at radius 2 is 2.27 bits per heavy atom. The van der Waals surface area contributed by atoms with E-state index in [9.17, 15) is 9.59 Å². The highest BCUT2D eigenvalue weighted by Crippen LogP contribution is 2.34. The lowest BCUT2D eigenvalue weighted by atomic mass is 9.91. The highest BCUT2D eigenvalue weighted by Gasteiger charge is 2.30. The molecule has 0 saturated carbocycles. The second kappa shape index (κ2) is 6.24. The van der Waals surface area contributed by atoms with Crippen LogP contribution in [0.25, 0.3) is 0 Å². The van der Waals surface area contributed by atoms with Crippen molar-refractivity contribution in [3.63, 3.8) is 0 Å². The molecular formula is C15H22N4O2S. The van der Waals surface area contributed by atoms with Crippen molar-refractivity contribution in [2.24, 2.45) is 0 Å². The van der Waals surface area contributed by atoms with E-state index in [0.717, 1.165) is 30.0 Å². The molecule has 22 heavy (non-hydrogen) atoms. The van der Waals surface area contributed by atoms with Gasteiger partial charge in [-0.05, 0) is 32.6 Å². The van der Waals surface area contributed by atoms with E-state index in [2.05, 4.69) is 15.6 Å². The summed E-state index contributed by atoms with van der Waals surface area (Å²) >= 11 is 1.77. The largest absolute Gasteiger partial charge is 0.344 e. The highest BCUT2D eigenvalue weighted by atomic mass is 32.1. The number of carbonyl (C=O) groups excluding carboxylic acids is 2. The molecule has 0 aromatic carbocycles. The summed E-state index contributed by atoms with van der Waals surface area (Å²) in [5, 5.41) is 6.78. The lowest BCUT2D eigenvalue weighted by molar-refractivity contribution is -0.128. The number of aryl methyl sites for hydroxylation is 2. The minimum atomic E-state index is -0.381. The van der Waals surface area contributed by atoms with E-state index in [1.54, 1.807) is 23.3 Å². The van der Waals surface area contributed by atoms with Crippen LogP contribution in [-0.4, -0.2) is 48.0 Å². The smallest absolute Gasteiger partial charge is 0.315 e. The number of aromatic nitrogens is 1. The molecule has 120 valence electrons. The van der Waals surface area contributed by atoms with Gasteiger partial charge >= 0.3 is 6.03 Å². The summed E-state index contributed by atoms with van der Waals surface area (Å²) in [6, 6.07) is -0.638. The minimum Gasteiger partial charge on any atom is -0.344 e. The molecule has 0 spiro atoms. The van der Waals surface area contributed by atoms with E-state index >= 15 is 0 Å². The van der Waals surface area contributed by atoms with Gasteiger partial charge in [0.15, 0.2) is 0 Å². The Morgan fingerprint density at radius 1 is 1.45 bits per heavy atom. The van der Waals surface area contributed by atoms with Crippen LogP contribution >= 0.6 is 11.3 Å². The summed E-state index contributed by atoms with van der Waals surface area (Å²) in [4.78, 5) is 31.4. The van der Waals surface area contributed by atoms with Crippen LogP contribution < -0.4 is 10.6 Å². The van der Waals surface area contributed by atoms with Gasteiger partial charge in [0.1, 0.15) is 6.04 Å². The van der Waals surface area contributed by atoms with Crippen LogP contribution in [0.15, 0.2) is 0 Å². The molecule has 1 aliphatic heterocycles. The first-order valence-electron chi connectivity index (χ1n) is 7.80. The van der Waals surface area contributed by atoms with Gasteiger partial charge in [-0.25, -0.2) is 9.78 Å². The zero-order chi connectivity index (χ0) is 15.7. The van der Waals surface area contributed by atoms with Gasteiger partial charge in [-0.3, -0.25) is 4.79 Å². The number of hydrogen-bond acceptors (Lipinski definition) is 4. The van der Waals surface area contributed by atoms with E-state index in [0.29, 0.717) is 25.4 Å². The Labute approximate surface area is 134 Å². The summed E-state index contributed by atoms with van der Waals surface area (Å²) < 4.78 is 0. The third kappa shape index (κ3) is 3.09. The van der Waals surface area contributed by atoms with Crippen molar-refractivity contribution in [1.82, 2.24) is 20.5 Å².